The maximum atomic E-state index is 14.3. The molecule has 6 atom stereocenters. The van der Waals surface area contributed by atoms with Crippen LogP contribution in [-0.2, 0) is 19.7 Å². The number of sulfone groups is 2. The van der Waals surface area contributed by atoms with Gasteiger partial charge in [-0.3, -0.25) is 0 Å². The Morgan fingerprint density at radius 2 is 0.950 bits per heavy atom. The van der Waals surface area contributed by atoms with Crippen LogP contribution < -0.4 is 0 Å². The summed E-state index contributed by atoms with van der Waals surface area (Å²) < 4.78 is 57.1. The van der Waals surface area contributed by atoms with E-state index in [1.807, 2.05) is 38.1 Å². The highest BCUT2D eigenvalue weighted by Crippen LogP contribution is 2.42. The minimum Gasteiger partial charge on any atom is -0.223 e. The smallest absolute Gasteiger partial charge is 0.185 e. The number of hydrogen-bond acceptors (Lipinski definition) is 4. The lowest BCUT2D eigenvalue weighted by Crippen LogP contribution is -2.33. The van der Waals surface area contributed by atoms with E-state index < -0.39 is 30.2 Å². The van der Waals surface area contributed by atoms with E-state index in [-0.39, 0.29) is 32.3 Å². The SMILES string of the molecule is CC(C=CC1=C(C)CCCC1(C)C)=CC(C(Br)C(C)CC=CCC(C)C(Br)C(C=C(C)C=CC1=C(C)CCCC1(C)C)S(=O)(=O)c1ccccc1)S(=O)(=O)c1ccccc1. The molecule has 60 heavy (non-hydrogen) atoms. The highest BCUT2D eigenvalue weighted by Gasteiger charge is 2.36. The van der Waals surface area contributed by atoms with Crippen molar-refractivity contribution in [3.8, 4) is 0 Å². The second-order valence-corrected chi connectivity index (χ2v) is 25.1. The van der Waals surface area contributed by atoms with Crippen molar-refractivity contribution in [3.05, 3.63) is 143 Å². The normalized spacial score (nSPS) is 21.4. The van der Waals surface area contributed by atoms with Crippen LogP contribution in [-0.4, -0.2) is 37.0 Å². The third-order valence-corrected chi connectivity index (χ3v) is 20.5. The van der Waals surface area contributed by atoms with Gasteiger partial charge in [-0.05, 0) is 137 Å². The van der Waals surface area contributed by atoms with Gasteiger partial charge in [0, 0.05) is 9.65 Å². The quantitative estimate of drug-likeness (QED) is 0.0848. The lowest BCUT2D eigenvalue weighted by molar-refractivity contribution is 0.376. The van der Waals surface area contributed by atoms with E-state index >= 15 is 0 Å². The fraction of sp³-hybridized carbons (Fsp3) is 0.500. The van der Waals surface area contributed by atoms with Gasteiger partial charge in [0.2, 0.25) is 0 Å². The molecular weight excluding hydrogens is 913 g/mol. The van der Waals surface area contributed by atoms with Gasteiger partial charge >= 0.3 is 0 Å². The fourth-order valence-electron chi connectivity index (χ4n) is 8.85. The van der Waals surface area contributed by atoms with Crippen molar-refractivity contribution in [1.29, 1.82) is 0 Å². The van der Waals surface area contributed by atoms with E-state index in [0.717, 1.165) is 36.8 Å². The average Bonchev–Trinajstić information content (AvgIpc) is 3.19. The van der Waals surface area contributed by atoms with Crippen LogP contribution in [0.15, 0.2) is 153 Å². The second kappa shape index (κ2) is 21.7. The molecule has 328 valence electrons. The molecule has 0 saturated carbocycles. The Morgan fingerprint density at radius 3 is 1.27 bits per heavy atom. The average molecular weight is 983 g/mol. The number of alkyl halides is 2. The summed E-state index contributed by atoms with van der Waals surface area (Å²) in [5.74, 6) is -0.0434. The van der Waals surface area contributed by atoms with Crippen molar-refractivity contribution in [3.63, 3.8) is 0 Å². The molecule has 2 aromatic carbocycles. The summed E-state index contributed by atoms with van der Waals surface area (Å²) in [6, 6.07) is 17.5. The van der Waals surface area contributed by atoms with Crippen molar-refractivity contribution < 1.29 is 16.8 Å². The van der Waals surface area contributed by atoms with Gasteiger partial charge in [0.15, 0.2) is 19.7 Å². The highest BCUT2D eigenvalue weighted by atomic mass is 79.9. The number of halogens is 2. The molecule has 0 radical (unpaired) electrons. The topological polar surface area (TPSA) is 68.3 Å². The molecule has 0 fully saturated rings. The van der Waals surface area contributed by atoms with Gasteiger partial charge in [0.1, 0.15) is 0 Å². The summed E-state index contributed by atoms with van der Waals surface area (Å²) in [6.45, 7) is 21.7. The lowest BCUT2D eigenvalue weighted by Gasteiger charge is -2.33. The Balaban J connectivity index is 1.54. The Morgan fingerprint density at radius 1 is 0.617 bits per heavy atom. The van der Waals surface area contributed by atoms with Gasteiger partial charge in [-0.2, -0.15) is 0 Å². The van der Waals surface area contributed by atoms with Gasteiger partial charge in [0.25, 0.3) is 0 Å². The van der Waals surface area contributed by atoms with Crippen molar-refractivity contribution in [2.75, 3.05) is 0 Å². The molecule has 0 spiro atoms. The molecule has 2 aliphatic rings. The second-order valence-electron chi connectivity index (χ2n) is 18.8. The van der Waals surface area contributed by atoms with E-state index in [1.165, 1.54) is 35.1 Å². The molecule has 0 heterocycles. The predicted molar refractivity (Wildman–Crippen MR) is 263 cm³/mol. The van der Waals surface area contributed by atoms with Crippen molar-refractivity contribution in [2.45, 2.75) is 151 Å². The monoisotopic (exact) mass is 980 g/mol. The number of rotatable bonds is 18. The molecule has 0 amide bonds. The summed E-state index contributed by atoms with van der Waals surface area (Å²) in [5, 5.41) is -1.57. The zero-order valence-electron chi connectivity index (χ0n) is 37.7. The van der Waals surface area contributed by atoms with Crippen LogP contribution in [0.4, 0.5) is 0 Å². The Hall–Kier alpha value is -2.52. The molecule has 0 bridgehead atoms. The summed E-state index contributed by atoms with van der Waals surface area (Å²) >= 11 is 7.77. The zero-order valence-corrected chi connectivity index (χ0v) is 42.5. The van der Waals surface area contributed by atoms with Crippen LogP contribution in [0.5, 0.6) is 0 Å². The molecule has 0 aliphatic heterocycles. The largest absolute Gasteiger partial charge is 0.223 e. The molecule has 8 heteroatoms. The number of hydrogen-bond donors (Lipinski definition) is 0. The fourth-order valence-corrected chi connectivity index (χ4v) is 15.0. The predicted octanol–water partition coefficient (Wildman–Crippen LogP) is 14.9. The standard InChI is InChI=1S/C52H70Br2O4S2/c1-37(29-31-45-39(3)23-19-33-51(45,7)8)35-47(59(55,56)43-25-13-11-14-26-43)49(53)41(5)21-17-18-22-42(6)50(54)48(60(57,58)44-27-15-12-16-28-44)36-38(2)30-32-46-40(4)24-20-34-52(46,9)10/h11-18,25-32,35-36,41-42,47-50H,19-24,33-34H2,1-10H3. The maximum Gasteiger partial charge on any atom is 0.185 e. The first-order chi connectivity index (χ1) is 28.1. The molecule has 0 aromatic heterocycles. The van der Waals surface area contributed by atoms with Crippen LogP contribution in [0, 0.1) is 22.7 Å². The van der Waals surface area contributed by atoms with E-state index in [0.29, 0.717) is 22.6 Å². The third-order valence-electron chi connectivity index (χ3n) is 12.7. The summed E-state index contributed by atoms with van der Waals surface area (Å²) in [4.78, 5) is -0.0952. The van der Waals surface area contributed by atoms with E-state index in [4.69, 9.17) is 0 Å². The molecule has 6 unspecified atom stereocenters. The first kappa shape index (κ1) is 50.1. The molecule has 0 saturated heterocycles. The Bertz CT molecular complexity index is 2050. The zero-order chi connectivity index (χ0) is 44.5. The molecule has 2 aromatic rings. The van der Waals surface area contributed by atoms with Crippen LogP contribution in [0.2, 0.25) is 0 Å². The van der Waals surface area contributed by atoms with Gasteiger partial charge in [0.05, 0.1) is 20.3 Å². The van der Waals surface area contributed by atoms with Gasteiger partial charge in [-0.15, -0.1) is 0 Å². The van der Waals surface area contributed by atoms with Crippen molar-refractivity contribution >= 4 is 51.5 Å². The molecule has 4 nitrogen and oxygen atoms in total. The van der Waals surface area contributed by atoms with Gasteiger partial charge in [-0.25, -0.2) is 16.8 Å². The molecule has 2 aliphatic carbocycles. The van der Waals surface area contributed by atoms with Crippen LogP contribution >= 0.6 is 31.9 Å². The summed E-state index contributed by atoms with van der Waals surface area (Å²) in [7, 11) is -7.44. The van der Waals surface area contributed by atoms with Crippen LogP contribution in [0.1, 0.15) is 121 Å². The summed E-state index contributed by atoms with van der Waals surface area (Å²) in [5.41, 5.74) is 7.50. The minimum absolute atomic E-state index is 0.0217. The minimum atomic E-state index is -3.72. The first-order valence-corrected chi connectivity index (χ1v) is 26.7. The van der Waals surface area contributed by atoms with E-state index in [2.05, 4.69) is 124 Å². The van der Waals surface area contributed by atoms with Crippen molar-refractivity contribution in [1.82, 2.24) is 0 Å². The Kier molecular flexibility index (Phi) is 18.1. The number of allylic oxidation sites excluding steroid dienone is 12. The van der Waals surface area contributed by atoms with Crippen LogP contribution in [0.3, 0.4) is 0 Å². The maximum absolute atomic E-state index is 14.3. The summed E-state index contributed by atoms with van der Waals surface area (Å²) in [6.07, 6.45) is 24.8. The molecule has 0 N–H and O–H groups in total. The Labute approximate surface area is 381 Å². The molecule has 4 rings (SSSR count). The third kappa shape index (κ3) is 13.0. The van der Waals surface area contributed by atoms with Gasteiger partial charge in [-0.1, -0.05) is 181 Å². The number of benzene rings is 2. The molecular formula is C52H70Br2O4S2. The van der Waals surface area contributed by atoms with Crippen LogP contribution in [0.25, 0.3) is 0 Å². The van der Waals surface area contributed by atoms with E-state index in [9.17, 15) is 16.8 Å². The first-order valence-electron chi connectivity index (χ1n) is 21.7. The van der Waals surface area contributed by atoms with Gasteiger partial charge < -0.3 is 0 Å². The van der Waals surface area contributed by atoms with E-state index in [1.54, 1.807) is 48.5 Å². The van der Waals surface area contributed by atoms with Crippen molar-refractivity contribution in [2.24, 2.45) is 22.7 Å². The highest BCUT2D eigenvalue weighted by molar-refractivity contribution is 9.09. The lowest BCUT2D eigenvalue weighted by atomic mass is 9.72.